The number of carbonyl (C=O) groups excluding carboxylic acids is 1. The summed E-state index contributed by atoms with van der Waals surface area (Å²) in [5.41, 5.74) is 6.81. The van der Waals surface area contributed by atoms with Gasteiger partial charge in [0.1, 0.15) is 0 Å². The second-order valence-electron chi connectivity index (χ2n) is 4.32. The number of hydrogen-bond donors (Lipinski definition) is 2. The molecule has 5 heteroatoms. The minimum atomic E-state index is -0.912. The van der Waals surface area contributed by atoms with Crippen molar-refractivity contribution >= 4 is 33.2 Å². The molecule has 0 aromatic heterocycles. The van der Waals surface area contributed by atoms with Gasteiger partial charge in [-0.2, -0.15) is 0 Å². The van der Waals surface area contributed by atoms with Crippen LogP contribution in [-0.4, -0.2) is 28.7 Å². The molecule has 0 radical (unpaired) electrons. The van der Waals surface area contributed by atoms with Gasteiger partial charge in [0.15, 0.2) is 0 Å². The van der Waals surface area contributed by atoms with Crippen LogP contribution in [0.15, 0.2) is 36.4 Å². The van der Waals surface area contributed by atoms with Crippen LogP contribution in [0.25, 0.3) is 10.8 Å². The van der Waals surface area contributed by atoms with Crippen LogP contribution < -0.4 is 11.1 Å². The third kappa shape index (κ3) is 3.32. The second-order valence-corrected chi connectivity index (χ2v) is 5.87. The smallest absolute Gasteiger partial charge is 0.253 e. The van der Waals surface area contributed by atoms with Gasteiger partial charge in [0.05, 0.1) is 5.56 Å². The van der Waals surface area contributed by atoms with Crippen molar-refractivity contribution < 1.29 is 9.00 Å². The molecular weight excluding hydrogens is 260 g/mol. The van der Waals surface area contributed by atoms with E-state index in [1.165, 1.54) is 0 Å². The number of nitrogens with two attached hydrogens (primary N) is 1. The molecule has 0 aliphatic carbocycles. The summed E-state index contributed by atoms with van der Waals surface area (Å²) in [5, 5.41) is 4.70. The lowest BCUT2D eigenvalue weighted by Gasteiger charge is -2.08. The molecular formula is C14H16N2O2S. The normalized spacial score (nSPS) is 12.3. The first-order chi connectivity index (χ1) is 9.08. The van der Waals surface area contributed by atoms with Gasteiger partial charge in [-0.15, -0.1) is 0 Å². The van der Waals surface area contributed by atoms with E-state index in [0.717, 1.165) is 10.8 Å². The number of nitrogens with one attached hydrogen (secondary N) is 1. The lowest BCUT2D eigenvalue weighted by atomic mass is 10.0. The lowest BCUT2D eigenvalue weighted by Crippen LogP contribution is -2.28. The Bertz CT molecular complexity index is 640. The van der Waals surface area contributed by atoms with Crippen LogP contribution in [0.2, 0.25) is 0 Å². The zero-order chi connectivity index (χ0) is 13.8. The molecule has 19 heavy (non-hydrogen) atoms. The van der Waals surface area contributed by atoms with Crippen molar-refractivity contribution in [2.75, 3.05) is 24.3 Å². The average molecular weight is 276 g/mol. The van der Waals surface area contributed by atoms with Gasteiger partial charge in [-0.25, -0.2) is 0 Å². The van der Waals surface area contributed by atoms with Gasteiger partial charge in [-0.05, 0) is 22.9 Å². The summed E-state index contributed by atoms with van der Waals surface area (Å²) in [5.74, 6) is 0.216. The molecule has 0 spiro atoms. The number of nitrogen functional groups attached to an aromatic ring is 1. The number of rotatable bonds is 4. The highest BCUT2D eigenvalue weighted by Gasteiger charge is 2.10. The molecule has 0 fully saturated rings. The van der Waals surface area contributed by atoms with Crippen molar-refractivity contribution in [1.82, 2.24) is 5.32 Å². The van der Waals surface area contributed by atoms with Gasteiger partial charge in [0.2, 0.25) is 0 Å². The number of hydrogen-bond acceptors (Lipinski definition) is 3. The molecule has 2 aromatic carbocycles. The summed E-state index contributed by atoms with van der Waals surface area (Å²) in [6.07, 6.45) is 1.61. The van der Waals surface area contributed by atoms with Crippen LogP contribution in [-0.2, 0) is 10.8 Å². The molecule has 0 bridgehead atoms. The Morgan fingerprint density at radius 1 is 1.26 bits per heavy atom. The van der Waals surface area contributed by atoms with E-state index in [2.05, 4.69) is 5.32 Å². The number of anilines is 1. The maximum atomic E-state index is 12.0. The Labute approximate surface area is 114 Å². The average Bonchev–Trinajstić information content (AvgIpc) is 2.37. The van der Waals surface area contributed by atoms with Crippen LogP contribution in [0.3, 0.4) is 0 Å². The first-order valence-electron chi connectivity index (χ1n) is 5.94. The molecule has 0 aliphatic rings. The highest BCUT2D eigenvalue weighted by molar-refractivity contribution is 7.84. The van der Waals surface area contributed by atoms with E-state index in [0.29, 0.717) is 23.5 Å². The number of benzene rings is 2. The highest BCUT2D eigenvalue weighted by Crippen LogP contribution is 2.21. The van der Waals surface area contributed by atoms with Crippen LogP contribution in [0.1, 0.15) is 10.4 Å². The largest absolute Gasteiger partial charge is 0.398 e. The summed E-state index contributed by atoms with van der Waals surface area (Å²) >= 11 is 0. The van der Waals surface area contributed by atoms with E-state index >= 15 is 0 Å². The van der Waals surface area contributed by atoms with E-state index in [-0.39, 0.29) is 5.91 Å². The fourth-order valence-corrected chi connectivity index (χ4v) is 2.25. The van der Waals surface area contributed by atoms with E-state index in [1.807, 2.05) is 24.3 Å². The van der Waals surface area contributed by atoms with E-state index < -0.39 is 10.8 Å². The third-order valence-corrected chi connectivity index (χ3v) is 3.62. The zero-order valence-corrected chi connectivity index (χ0v) is 11.5. The molecule has 4 nitrogen and oxygen atoms in total. The zero-order valence-electron chi connectivity index (χ0n) is 10.7. The molecule has 0 aliphatic heterocycles. The first-order valence-corrected chi connectivity index (χ1v) is 7.67. The molecule has 100 valence electrons. The molecule has 1 unspecified atom stereocenters. The summed E-state index contributed by atoms with van der Waals surface area (Å²) in [6, 6.07) is 11.3. The molecule has 1 amide bonds. The van der Waals surface area contributed by atoms with Crippen LogP contribution >= 0.6 is 0 Å². The van der Waals surface area contributed by atoms with Gasteiger partial charge < -0.3 is 11.1 Å². The molecule has 1 atom stereocenters. The van der Waals surface area contributed by atoms with Crippen molar-refractivity contribution in [1.29, 1.82) is 0 Å². The van der Waals surface area contributed by atoms with Crippen molar-refractivity contribution in [2.45, 2.75) is 0 Å². The Balaban J connectivity index is 2.21. The predicted octanol–water partition coefficient (Wildman–Crippen LogP) is 1.53. The van der Waals surface area contributed by atoms with Crippen molar-refractivity contribution in [3.63, 3.8) is 0 Å². The maximum Gasteiger partial charge on any atom is 0.253 e. The Morgan fingerprint density at radius 3 is 2.53 bits per heavy atom. The summed E-state index contributed by atoms with van der Waals surface area (Å²) < 4.78 is 10.9. The van der Waals surface area contributed by atoms with Crippen LogP contribution in [0, 0.1) is 0 Å². The fraction of sp³-hybridized carbons (Fsp3) is 0.214. The quantitative estimate of drug-likeness (QED) is 0.832. The van der Waals surface area contributed by atoms with Gasteiger partial charge in [-0.1, -0.05) is 24.3 Å². The molecule has 0 heterocycles. The fourth-order valence-electron chi connectivity index (χ4n) is 1.86. The summed E-state index contributed by atoms with van der Waals surface area (Å²) in [4.78, 5) is 12.0. The van der Waals surface area contributed by atoms with E-state index in [1.54, 1.807) is 18.4 Å². The van der Waals surface area contributed by atoms with Crippen LogP contribution in [0.4, 0.5) is 5.69 Å². The molecule has 0 saturated heterocycles. The van der Waals surface area contributed by atoms with Gasteiger partial charge in [-0.3, -0.25) is 9.00 Å². The summed E-state index contributed by atoms with van der Waals surface area (Å²) in [7, 11) is -0.912. The minimum Gasteiger partial charge on any atom is -0.398 e. The Morgan fingerprint density at radius 2 is 1.89 bits per heavy atom. The summed E-state index contributed by atoms with van der Waals surface area (Å²) in [6.45, 7) is 0.383. The molecule has 3 N–H and O–H groups in total. The van der Waals surface area contributed by atoms with Gasteiger partial charge >= 0.3 is 0 Å². The molecule has 0 saturated carbocycles. The third-order valence-electron chi connectivity index (χ3n) is 2.84. The minimum absolute atomic E-state index is 0.228. The first kappa shape index (κ1) is 13.5. The highest BCUT2D eigenvalue weighted by atomic mass is 32.2. The number of carbonyl (C=O) groups is 1. The van der Waals surface area contributed by atoms with E-state index in [4.69, 9.17) is 5.73 Å². The number of fused-ring (bicyclic) bond motifs is 1. The van der Waals surface area contributed by atoms with Crippen molar-refractivity contribution in [3.8, 4) is 0 Å². The predicted molar refractivity (Wildman–Crippen MR) is 79.6 cm³/mol. The molecule has 2 rings (SSSR count). The maximum absolute atomic E-state index is 12.0. The standard InChI is InChI=1S/C14H16N2O2S/c1-19(18)7-6-16-14(17)12-8-10-4-2-3-5-11(10)9-13(12)15/h2-5,8-9H,6-7,15H2,1H3,(H,16,17). The number of amides is 1. The SMILES string of the molecule is CS(=O)CCNC(=O)c1cc2ccccc2cc1N. The van der Waals surface area contributed by atoms with Crippen molar-refractivity contribution in [2.24, 2.45) is 0 Å². The topological polar surface area (TPSA) is 72.2 Å². The van der Waals surface area contributed by atoms with Crippen LogP contribution in [0.5, 0.6) is 0 Å². The molecule has 2 aromatic rings. The van der Waals surface area contributed by atoms with Crippen molar-refractivity contribution in [3.05, 3.63) is 42.0 Å². The Hall–Kier alpha value is -1.88. The van der Waals surface area contributed by atoms with Gasteiger partial charge in [0, 0.05) is 35.0 Å². The van der Waals surface area contributed by atoms with Gasteiger partial charge in [0.25, 0.3) is 5.91 Å². The van der Waals surface area contributed by atoms with E-state index in [9.17, 15) is 9.00 Å². The second kappa shape index (κ2) is 5.84. The lowest BCUT2D eigenvalue weighted by molar-refractivity contribution is 0.0957. The Kier molecular flexibility index (Phi) is 4.16. The monoisotopic (exact) mass is 276 g/mol.